The lowest BCUT2D eigenvalue weighted by Gasteiger charge is -2.28. The van der Waals surface area contributed by atoms with Crippen molar-refractivity contribution in [3.63, 3.8) is 0 Å². The summed E-state index contributed by atoms with van der Waals surface area (Å²) in [5.41, 5.74) is 1.62. The van der Waals surface area contributed by atoms with Crippen LogP contribution in [-0.4, -0.2) is 17.1 Å². The molecule has 4 nitrogen and oxygen atoms in total. The van der Waals surface area contributed by atoms with Gasteiger partial charge in [-0.2, -0.15) is 0 Å². The molecule has 2 bridgehead atoms. The number of halogens is 1. The van der Waals surface area contributed by atoms with Gasteiger partial charge < -0.3 is 9.84 Å². The Morgan fingerprint density at radius 2 is 2.29 bits per heavy atom. The molecule has 1 aromatic heterocycles. The predicted molar refractivity (Wildman–Crippen MR) is 81.1 cm³/mol. The molecule has 2 aliphatic carbocycles. The van der Waals surface area contributed by atoms with E-state index in [9.17, 15) is 4.79 Å². The maximum absolute atomic E-state index is 12.1. The Kier molecular flexibility index (Phi) is 4.25. The van der Waals surface area contributed by atoms with Crippen LogP contribution in [0.15, 0.2) is 4.52 Å². The average Bonchev–Trinajstić information content (AvgIpc) is 3.14. The van der Waals surface area contributed by atoms with Crippen molar-refractivity contribution < 1.29 is 9.32 Å². The summed E-state index contributed by atoms with van der Waals surface area (Å²) in [5.74, 6) is 2.52. The van der Waals surface area contributed by atoms with Gasteiger partial charge in [0.2, 0.25) is 11.1 Å². The molecule has 21 heavy (non-hydrogen) atoms. The van der Waals surface area contributed by atoms with E-state index in [4.69, 9.17) is 16.1 Å². The number of hydrogen-bond acceptors (Lipinski definition) is 3. The molecule has 1 heterocycles. The molecule has 2 aliphatic rings. The largest absolute Gasteiger partial charge is 0.353 e. The number of rotatable bonds is 5. The van der Waals surface area contributed by atoms with Crippen molar-refractivity contribution in [2.24, 2.45) is 17.8 Å². The fraction of sp³-hybridized carbons (Fsp3) is 0.750. The second-order valence-electron chi connectivity index (χ2n) is 6.72. The zero-order valence-electron chi connectivity index (χ0n) is 12.7. The number of fused-ring (bicyclic) bond motifs is 2. The highest BCUT2D eigenvalue weighted by molar-refractivity contribution is 6.29. The molecular weight excluding hydrogens is 288 g/mol. The fourth-order valence-electron chi connectivity index (χ4n) is 4.22. The Morgan fingerprint density at radius 1 is 1.48 bits per heavy atom. The maximum Gasteiger partial charge on any atom is 0.229 e. The van der Waals surface area contributed by atoms with Crippen LogP contribution >= 0.6 is 11.6 Å². The van der Waals surface area contributed by atoms with Crippen LogP contribution in [0.5, 0.6) is 0 Å². The molecule has 0 radical (unpaired) electrons. The molecule has 0 spiro atoms. The van der Waals surface area contributed by atoms with Gasteiger partial charge in [0.25, 0.3) is 0 Å². The third-order valence-electron chi connectivity index (χ3n) is 5.36. The lowest BCUT2D eigenvalue weighted by atomic mass is 9.84. The minimum atomic E-state index is 0.0990. The molecule has 2 fully saturated rings. The van der Waals surface area contributed by atoms with Gasteiger partial charge >= 0.3 is 0 Å². The number of amides is 1. The van der Waals surface area contributed by atoms with E-state index in [1.165, 1.54) is 25.7 Å². The Bertz CT molecular complexity index is 509. The summed E-state index contributed by atoms with van der Waals surface area (Å²) >= 11 is 5.92. The highest BCUT2D eigenvalue weighted by Crippen LogP contribution is 2.49. The van der Waals surface area contributed by atoms with Gasteiger partial charge in [0, 0.05) is 18.0 Å². The highest BCUT2D eigenvalue weighted by Gasteiger charge is 2.42. The van der Waals surface area contributed by atoms with E-state index in [1.807, 2.05) is 6.92 Å². The van der Waals surface area contributed by atoms with Crippen LogP contribution in [0.25, 0.3) is 0 Å². The third kappa shape index (κ3) is 3.10. The Hall–Kier alpha value is -1.03. The van der Waals surface area contributed by atoms with Crippen molar-refractivity contribution >= 4 is 17.5 Å². The number of aromatic nitrogens is 1. The normalized spacial score (nSPS) is 28.8. The lowest BCUT2D eigenvalue weighted by molar-refractivity contribution is -0.122. The van der Waals surface area contributed by atoms with Gasteiger partial charge in [0.05, 0.1) is 5.69 Å². The van der Waals surface area contributed by atoms with Crippen LogP contribution < -0.4 is 5.32 Å². The van der Waals surface area contributed by atoms with Gasteiger partial charge in [-0.05, 0) is 68.9 Å². The first-order chi connectivity index (χ1) is 10.0. The summed E-state index contributed by atoms with van der Waals surface area (Å²) in [6.07, 6.45) is 6.44. The van der Waals surface area contributed by atoms with Gasteiger partial charge in [-0.3, -0.25) is 4.79 Å². The number of carbonyl (C=O) groups is 1. The van der Waals surface area contributed by atoms with Gasteiger partial charge in [-0.15, -0.1) is 0 Å². The molecule has 2 saturated carbocycles. The molecule has 1 N–H and O–H groups in total. The van der Waals surface area contributed by atoms with Crippen LogP contribution in [0, 0.1) is 24.7 Å². The van der Waals surface area contributed by atoms with E-state index in [1.54, 1.807) is 0 Å². The Labute approximate surface area is 130 Å². The fourth-order valence-corrected chi connectivity index (χ4v) is 4.48. The number of aryl methyl sites for hydroxylation is 1. The van der Waals surface area contributed by atoms with Crippen molar-refractivity contribution in [3.8, 4) is 0 Å². The quantitative estimate of drug-likeness (QED) is 0.905. The number of carbonyl (C=O) groups excluding carboxylic acids is 1. The van der Waals surface area contributed by atoms with Gasteiger partial charge in [-0.25, -0.2) is 0 Å². The monoisotopic (exact) mass is 310 g/mol. The summed E-state index contributed by atoms with van der Waals surface area (Å²) in [7, 11) is 0. The molecule has 4 atom stereocenters. The lowest BCUT2D eigenvalue weighted by Crippen LogP contribution is -2.40. The van der Waals surface area contributed by atoms with E-state index in [0.717, 1.165) is 23.1 Å². The van der Waals surface area contributed by atoms with Gasteiger partial charge in [0.1, 0.15) is 0 Å². The minimum absolute atomic E-state index is 0.0990. The van der Waals surface area contributed by atoms with E-state index < -0.39 is 0 Å². The molecule has 1 aromatic rings. The molecule has 3 rings (SSSR count). The van der Waals surface area contributed by atoms with Crippen molar-refractivity contribution in [3.05, 3.63) is 16.5 Å². The van der Waals surface area contributed by atoms with Crippen LogP contribution in [0.3, 0.4) is 0 Å². The number of nitrogens with one attached hydrogen (secondary N) is 1. The second kappa shape index (κ2) is 5.99. The standard InChI is InChI=1S/C16H23ClN2O2/c1-9(14-8-11-3-4-12(14)7-11)18-15(20)6-5-13-10(2)19-21-16(13)17/h9,11-12,14H,3-8H2,1-2H3,(H,18,20)/t9-,11-,12-,14-/m0/s1. The van der Waals surface area contributed by atoms with E-state index in [2.05, 4.69) is 17.4 Å². The van der Waals surface area contributed by atoms with E-state index >= 15 is 0 Å². The summed E-state index contributed by atoms with van der Waals surface area (Å²) < 4.78 is 4.91. The second-order valence-corrected chi connectivity index (χ2v) is 7.06. The first kappa shape index (κ1) is 14.9. The van der Waals surface area contributed by atoms with E-state index in [-0.39, 0.29) is 11.9 Å². The Balaban J connectivity index is 1.48. The number of nitrogens with zero attached hydrogens (tertiary/aromatic N) is 1. The SMILES string of the molecule is Cc1noc(Cl)c1CCC(=O)N[C@@H](C)[C@@H]1C[C@H]2CC[C@H]1C2. The van der Waals surface area contributed by atoms with Crippen LogP contribution in [0.2, 0.25) is 5.22 Å². The molecule has 5 heteroatoms. The predicted octanol–water partition coefficient (Wildman–Crippen LogP) is 3.51. The third-order valence-corrected chi connectivity index (χ3v) is 5.66. The summed E-state index contributed by atoms with van der Waals surface area (Å²) in [5, 5.41) is 7.29. The molecule has 1 amide bonds. The first-order valence-corrected chi connectivity index (χ1v) is 8.32. The van der Waals surface area contributed by atoms with Crippen molar-refractivity contribution in [2.75, 3.05) is 0 Å². The zero-order valence-corrected chi connectivity index (χ0v) is 13.4. The van der Waals surface area contributed by atoms with Crippen LogP contribution in [0.1, 0.15) is 50.3 Å². The molecule has 0 unspecified atom stereocenters. The van der Waals surface area contributed by atoms with Gasteiger partial charge in [-0.1, -0.05) is 11.6 Å². The molecule has 0 aromatic carbocycles. The first-order valence-electron chi connectivity index (χ1n) is 7.94. The summed E-state index contributed by atoms with van der Waals surface area (Å²) in [4.78, 5) is 12.1. The highest BCUT2D eigenvalue weighted by atomic mass is 35.5. The van der Waals surface area contributed by atoms with Gasteiger partial charge in [0.15, 0.2) is 0 Å². The topological polar surface area (TPSA) is 55.1 Å². The molecular formula is C16H23ClN2O2. The zero-order chi connectivity index (χ0) is 15.0. The smallest absolute Gasteiger partial charge is 0.229 e. The number of hydrogen-bond donors (Lipinski definition) is 1. The van der Waals surface area contributed by atoms with Crippen LogP contribution in [-0.2, 0) is 11.2 Å². The molecule has 116 valence electrons. The summed E-state index contributed by atoms with van der Waals surface area (Å²) in [6, 6.07) is 0.284. The van der Waals surface area contributed by atoms with Crippen molar-refractivity contribution in [1.82, 2.24) is 10.5 Å². The van der Waals surface area contributed by atoms with Crippen molar-refractivity contribution in [2.45, 2.75) is 58.4 Å². The summed E-state index contributed by atoms with van der Waals surface area (Å²) in [6.45, 7) is 4.00. The molecule has 0 aliphatic heterocycles. The van der Waals surface area contributed by atoms with Crippen molar-refractivity contribution in [1.29, 1.82) is 0 Å². The average molecular weight is 311 g/mol. The van der Waals surface area contributed by atoms with Crippen LogP contribution in [0.4, 0.5) is 0 Å². The maximum atomic E-state index is 12.1. The Morgan fingerprint density at radius 3 is 2.86 bits per heavy atom. The molecule has 0 saturated heterocycles. The minimum Gasteiger partial charge on any atom is -0.353 e. The van der Waals surface area contributed by atoms with E-state index in [0.29, 0.717) is 24.0 Å².